The summed E-state index contributed by atoms with van der Waals surface area (Å²) in [6.45, 7) is 5.01. The molecule has 2 N–H and O–H groups in total. The molecular weight excluding hydrogens is 257 g/mol. The van der Waals surface area contributed by atoms with Gasteiger partial charge in [0.1, 0.15) is 0 Å². The van der Waals surface area contributed by atoms with Crippen molar-refractivity contribution in [1.82, 2.24) is 5.32 Å². The molecule has 0 heterocycles. The van der Waals surface area contributed by atoms with Crippen molar-refractivity contribution in [1.29, 1.82) is 0 Å². The number of hydrogen-bond acceptors (Lipinski definition) is 2. The Morgan fingerprint density at radius 2 is 2.00 bits per heavy atom. The lowest BCUT2D eigenvalue weighted by Gasteiger charge is -2.21. The van der Waals surface area contributed by atoms with Crippen LogP contribution in [-0.2, 0) is 0 Å². The van der Waals surface area contributed by atoms with Crippen molar-refractivity contribution >= 4 is 23.2 Å². The average Bonchev–Trinajstić information content (AvgIpc) is 2.32. The van der Waals surface area contributed by atoms with Gasteiger partial charge in [0.05, 0.1) is 16.1 Å². The van der Waals surface area contributed by atoms with Crippen LogP contribution in [0.25, 0.3) is 0 Å². The number of unbranched alkanes of at least 4 members (excludes halogenated alkanes) is 1. The van der Waals surface area contributed by atoms with Gasteiger partial charge in [0, 0.05) is 6.04 Å². The maximum absolute atomic E-state index is 10.1. The number of rotatable bonds is 6. The lowest BCUT2D eigenvalue weighted by Crippen LogP contribution is -2.32. The Morgan fingerprint density at radius 3 is 2.59 bits per heavy atom. The predicted octanol–water partition coefficient (Wildman–Crippen LogP) is 3.81. The van der Waals surface area contributed by atoms with Crippen molar-refractivity contribution in [3.05, 3.63) is 33.8 Å². The Morgan fingerprint density at radius 1 is 1.29 bits per heavy atom. The van der Waals surface area contributed by atoms with Gasteiger partial charge in [-0.15, -0.1) is 0 Å². The van der Waals surface area contributed by atoms with E-state index in [1.807, 2.05) is 6.92 Å². The third kappa shape index (κ3) is 4.47. The predicted molar refractivity (Wildman–Crippen MR) is 73.8 cm³/mol. The van der Waals surface area contributed by atoms with Gasteiger partial charge in [-0.25, -0.2) is 0 Å². The molecule has 1 rings (SSSR count). The summed E-state index contributed by atoms with van der Waals surface area (Å²) < 4.78 is 0. The van der Waals surface area contributed by atoms with Gasteiger partial charge >= 0.3 is 0 Å². The van der Waals surface area contributed by atoms with E-state index in [1.165, 1.54) is 0 Å². The number of hydrogen-bond donors (Lipinski definition) is 2. The lowest BCUT2D eigenvalue weighted by atomic mass is 10.0. The lowest BCUT2D eigenvalue weighted by molar-refractivity contribution is 0.136. The van der Waals surface area contributed by atoms with Crippen molar-refractivity contribution in [2.24, 2.45) is 0 Å². The zero-order chi connectivity index (χ0) is 12.8. The highest BCUT2D eigenvalue weighted by molar-refractivity contribution is 6.42. The molecule has 0 fully saturated rings. The number of aliphatic hydroxyl groups excluding tert-OH is 1. The van der Waals surface area contributed by atoms with Crippen LogP contribution in [0.2, 0.25) is 10.0 Å². The molecule has 2 nitrogen and oxygen atoms in total. The smallest absolute Gasteiger partial charge is 0.0940 e. The van der Waals surface area contributed by atoms with Gasteiger partial charge in [0.25, 0.3) is 0 Å². The number of halogens is 2. The van der Waals surface area contributed by atoms with Gasteiger partial charge < -0.3 is 10.4 Å². The largest absolute Gasteiger partial charge is 0.387 e. The monoisotopic (exact) mass is 275 g/mol. The van der Waals surface area contributed by atoms with E-state index in [2.05, 4.69) is 12.2 Å². The van der Waals surface area contributed by atoms with Crippen LogP contribution in [0.3, 0.4) is 0 Å². The van der Waals surface area contributed by atoms with Crippen molar-refractivity contribution in [2.75, 3.05) is 6.54 Å². The number of nitrogens with one attached hydrogen (secondary N) is 1. The maximum atomic E-state index is 10.1. The third-order valence-corrected chi connectivity index (χ3v) is 3.49. The van der Waals surface area contributed by atoms with E-state index >= 15 is 0 Å². The van der Waals surface area contributed by atoms with Crippen molar-refractivity contribution in [3.8, 4) is 0 Å². The molecule has 2 atom stereocenters. The standard InChI is InChI=1S/C13H19Cl2NO/c1-3-4-7-16-9(2)13(17)10-5-6-11(14)12(15)8-10/h5-6,8-9,13,16-17H,3-4,7H2,1-2H3. The van der Waals surface area contributed by atoms with Crippen LogP contribution in [0.4, 0.5) is 0 Å². The maximum Gasteiger partial charge on any atom is 0.0940 e. The normalized spacial score (nSPS) is 14.6. The molecule has 0 bridgehead atoms. The second kappa shape index (κ2) is 7.22. The second-order valence-corrected chi connectivity index (χ2v) is 5.03. The Labute approximate surface area is 113 Å². The molecule has 1 aromatic rings. The minimum atomic E-state index is -0.568. The van der Waals surface area contributed by atoms with E-state index in [9.17, 15) is 5.11 Å². The molecule has 1 aromatic carbocycles. The molecule has 4 heteroatoms. The summed E-state index contributed by atoms with van der Waals surface area (Å²) >= 11 is 11.8. The highest BCUT2D eigenvalue weighted by Crippen LogP contribution is 2.26. The topological polar surface area (TPSA) is 32.3 Å². The Balaban J connectivity index is 2.61. The molecule has 0 aliphatic rings. The molecule has 0 aliphatic carbocycles. The third-order valence-electron chi connectivity index (χ3n) is 2.76. The Bertz CT molecular complexity index is 357. The summed E-state index contributed by atoms with van der Waals surface area (Å²) in [7, 11) is 0. The molecule has 0 spiro atoms. The fourth-order valence-corrected chi connectivity index (χ4v) is 1.91. The van der Waals surface area contributed by atoms with Gasteiger partial charge in [-0.05, 0) is 37.6 Å². The molecule has 0 aromatic heterocycles. The quantitative estimate of drug-likeness (QED) is 0.774. The average molecular weight is 276 g/mol. The van der Waals surface area contributed by atoms with Crippen LogP contribution in [0.1, 0.15) is 38.4 Å². The summed E-state index contributed by atoms with van der Waals surface area (Å²) in [5, 5.41) is 14.4. The number of aliphatic hydroxyl groups is 1. The van der Waals surface area contributed by atoms with Gasteiger partial charge in [-0.1, -0.05) is 42.6 Å². The molecule has 0 radical (unpaired) electrons. The molecule has 0 saturated carbocycles. The van der Waals surface area contributed by atoms with Crippen molar-refractivity contribution < 1.29 is 5.11 Å². The first-order valence-corrected chi connectivity index (χ1v) is 6.68. The molecule has 0 aliphatic heterocycles. The first-order valence-electron chi connectivity index (χ1n) is 5.92. The molecule has 0 saturated heterocycles. The van der Waals surface area contributed by atoms with E-state index < -0.39 is 6.10 Å². The van der Waals surface area contributed by atoms with Crippen LogP contribution in [0, 0.1) is 0 Å². The van der Waals surface area contributed by atoms with Gasteiger partial charge in [-0.2, -0.15) is 0 Å². The van der Waals surface area contributed by atoms with Crippen LogP contribution in [-0.4, -0.2) is 17.7 Å². The summed E-state index contributed by atoms with van der Waals surface area (Å²) in [5.74, 6) is 0. The Kier molecular flexibility index (Phi) is 6.28. The zero-order valence-electron chi connectivity index (χ0n) is 10.2. The molecule has 96 valence electrons. The molecule has 2 unspecified atom stereocenters. The van der Waals surface area contributed by atoms with Crippen molar-refractivity contribution in [3.63, 3.8) is 0 Å². The minimum absolute atomic E-state index is 0.00112. The second-order valence-electron chi connectivity index (χ2n) is 4.21. The van der Waals surface area contributed by atoms with Crippen molar-refractivity contribution in [2.45, 2.75) is 38.8 Å². The minimum Gasteiger partial charge on any atom is -0.387 e. The van der Waals surface area contributed by atoms with E-state index in [-0.39, 0.29) is 6.04 Å². The Hall–Kier alpha value is -0.280. The first-order chi connectivity index (χ1) is 8.06. The zero-order valence-corrected chi connectivity index (χ0v) is 11.7. The SMILES string of the molecule is CCCCNC(C)C(O)c1ccc(Cl)c(Cl)c1. The van der Waals surface area contributed by atoms with Crippen LogP contribution in [0.15, 0.2) is 18.2 Å². The van der Waals surface area contributed by atoms with Crippen LogP contribution < -0.4 is 5.32 Å². The van der Waals surface area contributed by atoms with E-state index in [1.54, 1.807) is 18.2 Å². The molecular formula is C13H19Cl2NO. The summed E-state index contributed by atoms with van der Waals surface area (Å²) in [5.41, 5.74) is 0.788. The van der Waals surface area contributed by atoms with E-state index in [4.69, 9.17) is 23.2 Å². The highest BCUT2D eigenvalue weighted by Gasteiger charge is 2.16. The number of benzene rings is 1. The van der Waals surface area contributed by atoms with E-state index in [0.717, 1.165) is 24.9 Å². The van der Waals surface area contributed by atoms with E-state index in [0.29, 0.717) is 10.0 Å². The van der Waals surface area contributed by atoms with Gasteiger partial charge in [0.15, 0.2) is 0 Å². The highest BCUT2D eigenvalue weighted by atomic mass is 35.5. The van der Waals surface area contributed by atoms with Crippen LogP contribution >= 0.6 is 23.2 Å². The molecule has 17 heavy (non-hydrogen) atoms. The van der Waals surface area contributed by atoms with Crippen LogP contribution in [0.5, 0.6) is 0 Å². The summed E-state index contributed by atoms with van der Waals surface area (Å²) in [6, 6.07) is 5.23. The summed E-state index contributed by atoms with van der Waals surface area (Å²) in [6.07, 6.45) is 1.68. The molecule has 0 amide bonds. The summed E-state index contributed by atoms with van der Waals surface area (Å²) in [4.78, 5) is 0. The fraction of sp³-hybridized carbons (Fsp3) is 0.538. The fourth-order valence-electron chi connectivity index (χ4n) is 1.60. The van der Waals surface area contributed by atoms with Gasteiger partial charge in [-0.3, -0.25) is 0 Å². The van der Waals surface area contributed by atoms with Gasteiger partial charge in [0.2, 0.25) is 0 Å². The first kappa shape index (κ1) is 14.8.